The van der Waals surface area contributed by atoms with Gasteiger partial charge in [-0.2, -0.15) is 5.26 Å². The third kappa shape index (κ3) is 4.65. The Kier molecular flexibility index (Phi) is 5.83. The number of hydrogen-bond acceptors (Lipinski definition) is 12. The second-order valence-electron chi connectivity index (χ2n) is 7.61. The van der Waals surface area contributed by atoms with E-state index in [1.165, 1.54) is 11.3 Å². The lowest BCUT2D eigenvalue weighted by molar-refractivity contribution is -0.119. The van der Waals surface area contributed by atoms with E-state index in [9.17, 15) is 18.0 Å². The maximum Gasteiger partial charge on any atom is 0.286 e. The van der Waals surface area contributed by atoms with Crippen molar-refractivity contribution >= 4 is 54.3 Å². The van der Waals surface area contributed by atoms with E-state index in [-0.39, 0.29) is 28.9 Å². The molecule has 4 aromatic rings. The lowest BCUT2D eigenvalue weighted by Crippen LogP contribution is -2.25. The minimum atomic E-state index is -3.75. The molecule has 1 fully saturated rings. The fourth-order valence-electron chi connectivity index (χ4n) is 3.52. The van der Waals surface area contributed by atoms with Gasteiger partial charge in [-0.05, 0) is 35.4 Å². The summed E-state index contributed by atoms with van der Waals surface area (Å²) in [6.45, 7) is 0. The van der Waals surface area contributed by atoms with E-state index in [4.69, 9.17) is 9.68 Å². The van der Waals surface area contributed by atoms with Crippen LogP contribution in [0.2, 0.25) is 0 Å². The predicted octanol–water partition coefficient (Wildman–Crippen LogP) is 2.64. The van der Waals surface area contributed by atoms with Crippen LogP contribution in [0.3, 0.4) is 0 Å². The number of carbonyl (C=O) groups excluding carboxylic acids is 2. The molecule has 1 N–H and O–H groups in total. The largest absolute Gasteiger partial charge is 0.423 e. The Morgan fingerprint density at radius 2 is 2.00 bits per heavy atom. The third-order valence-corrected chi connectivity index (χ3v) is 8.59. The van der Waals surface area contributed by atoms with Crippen molar-refractivity contribution in [2.75, 3.05) is 6.26 Å². The monoisotopic (exact) mass is 526 g/mol. The summed E-state index contributed by atoms with van der Waals surface area (Å²) >= 11 is 1.99. The number of nitrogens with one attached hydrogen (secondary N) is 1. The predicted molar refractivity (Wildman–Crippen MR) is 127 cm³/mol. The summed E-state index contributed by atoms with van der Waals surface area (Å²) in [5.41, 5.74) is 2.50. The van der Waals surface area contributed by atoms with Crippen molar-refractivity contribution in [2.45, 2.75) is 16.9 Å². The first-order chi connectivity index (χ1) is 16.7. The summed E-state index contributed by atoms with van der Waals surface area (Å²) in [6.07, 6.45) is 2.59. The molecule has 0 bridgehead atoms. The lowest BCUT2D eigenvalue weighted by Gasteiger charge is -2.07. The van der Waals surface area contributed by atoms with Crippen LogP contribution in [0.15, 0.2) is 40.9 Å². The van der Waals surface area contributed by atoms with Gasteiger partial charge < -0.3 is 4.42 Å². The number of pyridine rings is 1. The number of imide groups is 1. The molecule has 0 aliphatic carbocycles. The van der Waals surface area contributed by atoms with Gasteiger partial charge in [0.25, 0.3) is 5.24 Å². The lowest BCUT2D eigenvalue weighted by atomic mass is 10.1. The first kappa shape index (κ1) is 23.1. The Balaban J connectivity index is 1.48. The number of benzene rings is 1. The summed E-state index contributed by atoms with van der Waals surface area (Å²) < 4.78 is 31.8. The summed E-state index contributed by atoms with van der Waals surface area (Å²) in [7, 11) is -3.75. The molecule has 176 valence electrons. The van der Waals surface area contributed by atoms with Gasteiger partial charge in [0.1, 0.15) is 22.0 Å². The van der Waals surface area contributed by atoms with Crippen LogP contribution >= 0.6 is 23.1 Å². The molecule has 2 atom stereocenters. The summed E-state index contributed by atoms with van der Waals surface area (Å²) in [5, 5.41) is 16.9. The van der Waals surface area contributed by atoms with E-state index < -0.39 is 31.5 Å². The van der Waals surface area contributed by atoms with Gasteiger partial charge in [0.2, 0.25) is 17.7 Å². The van der Waals surface area contributed by atoms with Gasteiger partial charge in [-0.1, -0.05) is 17.8 Å². The molecular formula is C21H14N6O5S3. The van der Waals surface area contributed by atoms with Gasteiger partial charge in [-0.3, -0.25) is 14.9 Å². The smallest absolute Gasteiger partial charge is 0.286 e. The molecule has 1 aromatic carbocycles. The molecule has 2 amide bonds. The van der Waals surface area contributed by atoms with E-state index in [0.29, 0.717) is 5.52 Å². The van der Waals surface area contributed by atoms with Crippen LogP contribution in [-0.2, 0) is 21.1 Å². The van der Waals surface area contributed by atoms with Gasteiger partial charge in [0.15, 0.2) is 15.1 Å². The summed E-state index contributed by atoms with van der Waals surface area (Å²) in [5.74, 6) is -0.577. The quantitative estimate of drug-likeness (QED) is 0.392. The highest BCUT2D eigenvalue weighted by molar-refractivity contribution is 8.15. The zero-order chi connectivity index (χ0) is 24.7. The number of rotatable bonds is 6. The molecule has 0 saturated carbocycles. The Morgan fingerprint density at radius 1 is 1.20 bits per heavy atom. The average molecular weight is 527 g/mol. The number of fused-ring (bicyclic) bond motifs is 1. The Labute approximate surface area is 206 Å². The Hall–Kier alpha value is -3.67. The van der Waals surface area contributed by atoms with Gasteiger partial charge in [0, 0.05) is 18.9 Å². The number of nitriles is 1. The van der Waals surface area contributed by atoms with Crippen molar-refractivity contribution in [3.05, 3.63) is 59.0 Å². The molecular weight excluding hydrogens is 512 g/mol. The van der Waals surface area contributed by atoms with Crippen LogP contribution < -0.4 is 5.32 Å². The number of thiazole rings is 1. The number of thioether (sulfide) groups is 1. The number of sulfone groups is 1. The van der Waals surface area contributed by atoms with Crippen LogP contribution in [-0.4, -0.2) is 51.2 Å². The van der Waals surface area contributed by atoms with E-state index >= 15 is 0 Å². The highest BCUT2D eigenvalue weighted by Crippen LogP contribution is 2.36. The van der Waals surface area contributed by atoms with Crippen molar-refractivity contribution in [3.63, 3.8) is 0 Å². The molecule has 0 spiro atoms. The molecule has 1 saturated heterocycles. The Morgan fingerprint density at radius 3 is 2.71 bits per heavy atom. The van der Waals surface area contributed by atoms with Crippen LogP contribution in [0.25, 0.3) is 21.3 Å². The SMILES string of the molecule is CS(=O)(=O)C(c1nnc(CC2SC(=O)NC2=O)o1)c1nc2ccc(-c3ccnc(C#N)c3)cc2s1. The fraction of sp³-hybridized carbons (Fsp3) is 0.190. The number of amides is 2. The van der Waals surface area contributed by atoms with Gasteiger partial charge in [-0.25, -0.2) is 18.4 Å². The summed E-state index contributed by atoms with van der Waals surface area (Å²) in [6, 6.07) is 10.9. The minimum absolute atomic E-state index is 0.00839. The van der Waals surface area contributed by atoms with Crippen molar-refractivity contribution in [2.24, 2.45) is 0 Å². The van der Waals surface area contributed by atoms with Crippen LogP contribution in [0.1, 0.15) is 27.7 Å². The van der Waals surface area contributed by atoms with Crippen molar-refractivity contribution in [3.8, 4) is 17.2 Å². The van der Waals surface area contributed by atoms with Crippen molar-refractivity contribution in [1.29, 1.82) is 5.26 Å². The Bertz CT molecular complexity index is 1640. The maximum atomic E-state index is 12.7. The molecule has 1 aliphatic heterocycles. The first-order valence-electron chi connectivity index (χ1n) is 10.0. The highest BCUT2D eigenvalue weighted by atomic mass is 32.2. The van der Waals surface area contributed by atoms with E-state index in [1.54, 1.807) is 24.4 Å². The molecule has 3 aromatic heterocycles. The maximum absolute atomic E-state index is 12.7. The normalized spacial score (nSPS) is 16.9. The molecule has 1 aliphatic rings. The molecule has 11 nitrogen and oxygen atoms in total. The van der Waals surface area contributed by atoms with Gasteiger partial charge >= 0.3 is 0 Å². The zero-order valence-electron chi connectivity index (χ0n) is 17.8. The van der Waals surface area contributed by atoms with Crippen molar-refractivity contribution < 1.29 is 22.4 Å². The van der Waals surface area contributed by atoms with Crippen LogP contribution in [0, 0.1) is 11.3 Å². The molecule has 2 unspecified atom stereocenters. The standard InChI is InChI=1S/C21H14N6O5S3/c1-35(30,31)17(19-27-26-16(32-19)8-15-18(28)25-21(29)34-15)20-24-13-3-2-10(7-14(13)33-20)11-4-5-23-12(6-11)9-22/h2-7,15,17H,8H2,1H3,(H,25,28,29). The van der Waals surface area contributed by atoms with Crippen LogP contribution in [0.5, 0.6) is 0 Å². The average Bonchev–Trinajstić information content (AvgIpc) is 3.51. The first-order valence-corrected chi connectivity index (χ1v) is 13.7. The van der Waals surface area contributed by atoms with Crippen molar-refractivity contribution in [1.82, 2.24) is 25.5 Å². The van der Waals surface area contributed by atoms with E-state index in [2.05, 4.69) is 25.5 Å². The van der Waals surface area contributed by atoms with Gasteiger partial charge in [0.05, 0.1) is 10.2 Å². The van der Waals surface area contributed by atoms with Crippen LogP contribution in [0.4, 0.5) is 4.79 Å². The molecule has 35 heavy (non-hydrogen) atoms. The molecule has 14 heteroatoms. The number of carbonyl (C=O) groups is 2. The molecule has 0 radical (unpaired) electrons. The highest BCUT2D eigenvalue weighted by Gasteiger charge is 2.36. The minimum Gasteiger partial charge on any atom is -0.423 e. The van der Waals surface area contributed by atoms with E-state index in [1.807, 2.05) is 18.2 Å². The zero-order valence-corrected chi connectivity index (χ0v) is 20.3. The molecule has 4 heterocycles. The topological polar surface area (TPSA) is 169 Å². The number of hydrogen-bond donors (Lipinski definition) is 1. The molecule has 5 rings (SSSR count). The number of nitrogens with zero attached hydrogens (tertiary/aromatic N) is 5. The second-order valence-corrected chi connectivity index (χ2v) is 12.0. The fourth-order valence-corrected chi connectivity index (χ4v) is 6.86. The van der Waals surface area contributed by atoms with Gasteiger partial charge in [-0.15, -0.1) is 21.5 Å². The third-order valence-electron chi connectivity index (χ3n) is 5.10. The van der Waals surface area contributed by atoms with E-state index in [0.717, 1.165) is 33.8 Å². The second kappa shape index (κ2) is 8.84. The summed E-state index contributed by atoms with van der Waals surface area (Å²) in [4.78, 5) is 31.7. The number of aromatic nitrogens is 4.